The van der Waals surface area contributed by atoms with Gasteiger partial charge in [-0.25, -0.2) is 0 Å². The lowest BCUT2D eigenvalue weighted by Crippen LogP contribution is -2.28. The Morgan fingerprint density at radius 3 is 1.58 bits per heavy atom. The van der Waals surface area contributed by atoms with Crippen molar-refractivity contribution in [3.05, 3.63) is 271 Å². The van der Waals surface area contributed by atoms with E-state index in [1.165, 1.54) is 97.4 Å². The molecule has 0 radical (unpaired) electrons. The van der Waals surface area contributed by atoms with Gasteiger partial charge in [-0.3, -0.25) is 0 Å². The molecular formula is C63H41NS. The topological polar surface area (TPSA) is 3.24 Å². The Kier molecular flexibility index (Phi) is 8.69. The standard InChI is InChI=1S/C63H41NS/c1-3-21-45(22-4-1)63(46-23-5-2-6-24-46)57-31-13-11-27-53(57)54-38-37-48(41-58(54)63)64(47-35-33-44(34-36-47)50-29-15-19-42-17-7-9-25-49(42)50)59-40-39-55(52-30-16-20-43-18-8-10-26-51(43)52)62-61(59)56-28-12-14-32-60(56)65-62/h1-41H. The maximum absolute atomic E-state index is 2.52. The molecule has 0 bridgehead atoms. The number of hydrogen-bond acceptors (Lipinski definition) is 2. The highest BCUT2D eigenvalue weighted by atomic mass is 32.1. The average molecular weight is 844 g/mol. The lowest BCUT2D eigenvalue weighted by molar-refractivity contribution is 0.768. The number of nitrogens with zero attached hydrogens (tertiary/aromatic N) is 1. The molecule has 1 aliphatic rings. The van der Waals surface area contributed by atoms with Crippen molar-refractivity contribution < 1.29 is 0 Å². The van der Waals surface area contributed by atoms with Crippen LogP contribution in [0, 0.1) is 0 Å². The normalized spacial score (nSPS) is 12.7. The van der Waals surface area contributed by atoms with E-state index in [-0.39, 0.29) is 0 Å². The summed E-state index contributed by atoms with van der Waals surface area (Å²) in [6.07, 6.45) is 0. The van der Waals surface area contributed by atoms with Crippen molar-refractivity contribution in [1.29, 1.82) is 0 Å². The second-order valence-corrected chi connectivity index (χ2v) is 18.2. The van der Waals surface area contributed by atoms with E-state index in [0.717, 1.165) is 17.1 Å². The largest absolute Gasteiger partial charge is 0.310 e. The van der Waals surface area contributed by atoms with Gasteiger partial charge < -0.3 is 4.90 Å². The van der Waals surface area contributed by atoms with Gasteiger partial charge in [-0.2, -0.15) is 0 Å². The first-order chi connectivity index (χ1) is 32.3. The molecule has 2 heteroatoms. The Hall–Kier alpha value is -8.04. The highest BCUT2D eigenvalue weighted by Crippen LogP contribution is 2.58. The van der Waals surface area contributed by atoms with E-state index in [1.54, 1.807) is 0 Å². The molecule has 1 aromatic heterocycles. The van der Waals surface area contributed by atoms with Gasteiger partial charge in [0.25, 0.3) is 0 Å². The van der Waals surface area contributed by atoms with Gasteiger partial charge in [-0.15, -0.1) is 11.3 Å². The van der Waals surface area contributed by atoms with Gasteiger partial charge in [0, 0.05) is 37.1 Å². The van der Waals surface area contributed by atoms with Gasteiger partial charge in [0.05, 0.1) is 11.1 Å². The summed E-state index contributed by atoms with van der Waals surface area (Å²) in [6, 6.07) is 92.2. The Bertz CT molecular complexity index is 3720. The fourth-order valence-corrected chi connectivity index (χ4v) is 12.2. The molecule has 12 aromatic rings. The van der Waals surface area contributed by atoms with E-state index in [9.17, 15) is 0 Å². The minimum absolute atomic E-state index is 0.531. The van der Waals surface area contributed by atoms with E-state index >= 15 is 0 Å². The van der Waals surface area contributed by atoms with Crippen LogP contribution in [0.25, 0.3) is 75.1 Å². The van der Waals surface area contributed by atoms with Crippen molar-refractivity contribution in [1.82, 2.24) is 0 Å². The molecule has 0 amide bonds. The Balaban J connectivity index is 1.09. The maximum Gasteiger partial charge on any atom is 0.0714 e. The van der Waals surface area contributed by atoms with Crippen LogP contribution in [0.5, 0.6) is 0 Å². The molecule has 65 heavy (non-hydrogen) atoms. The van der Waals surface area contributed by atoms with Gasteiger partial charge in [-0.05, 0) is 108 Å². The van der Waals surface area contributed by atoms with Crippen LogP contribution in [0.3, 0.4) is 0 Å². The molecule has 1 heterocycles. The van der Waals surface area contributed by atoms with Gasteiger partial charge in [0.15, 0.2) is 0 Å². The zero-order valence-corrected chi connectivity index (χ0v) is 36.3. The first-order valence-electron chi connectivity index (χ1n) is 22.4. The zero-order chi connectivity index (χ0) is 42.9. The molecule has 0 atom stereocenters. The number of fused-ring (bicyclic) bond motifs is 8. The van der Waals surface area contributed by atoms with Crippen LogP contribution >= 0.6 is 11.3 Å². The molecule has 0 saturated carbocycles. The fourth-order valence-electron chi connectivity index (χ4n) is 10.9. The smallest absolute Gasteiger partial charge is 0.0714 e. The van der Waals surface area contributed by atoms with Crippen LogP contribution < -0.4 is 4.90 Å². The van der Waals surface area contributed by atoms with Crippen molar-refractivity contribution >= 4 is 70.1 Å². The van der Waals surface area contributed by atoms with E-state index in [2.05, 4.69) is 254 Å². The number of hydrogen-bond donors (Lipinski definition) is 0. The molecule has 13 rings (SSSR count). The third-order valence-corrected chi connectivity index (χ3v) is 15.0. The molecule has 0 spiro atoms. The van der Waals surface area contributed by atoms with Gasteiger partial charge in [0.2, 0.25) is 0 Å². The summed E-state index contributed by atoms with van der Waals surface area (Å²) in [5, 5.41) is 7.53. The monoisotopic (exact) mass is 843 g/mol. The lowest BCUT2D eigenvalue weighted by atomic mass is 9.67. The third-order valence-electron chi connectivity index (χ3n) is 13.8. The van der Waals surface area contributed by atoms with Crippen molar-refractivity contribution in [3.8, 4) is 33.4 Å². The Morgan fingerprint density at radius 2 is 0.862 bits per heavy atom. The number of anilines is 3. The number of rotatable bonds is 7. The molecule has 0 aliphatic heterocycles. The fraction of sp³-hybridized carbons (Fsp3) is 0.0159. The summed E-state index contributed by atoms with van der Waals surface area (Å²) in [5.74, 6) is 0. The summed E-state index contributed by atoms with van der Waals surface area (Å²) in [5.41, 5.74) is 15.4. The van der Waals surface area contributed by atoms with Crippen molar-refractivity contribution in [2.24, 2.45) is 0 Å². The van der Waals surface area contributed by atoms with Crippen molar-refractivity contribution in [2.45, 2.75) is 5.41 Å². The highest BCUT2D eigenvalue weighted by Gasteiger charge is 2.46. The maximum atomic E-state index is 2.52. The number of benzene rings is 11. The highest BCUT2D eigenvalue weighted by molar-refractivity contribution is 7.26. The molecule has 0 fully saturated rings. The van der Waals surface area contributed by atoms with Crippen LogP contribution in [0.4, 0.5) is 17.1 Å². The molecule has 11 aromatic carbocycles. The average Bonchev–Trinajstić information content (AvgIpc) is 3.92. The second-order valence-electron chi connectivity index (χ2n) is 17.1. The molecular weight excluding hydrogens is 803 g/mol. The lowest BCUT2D eigenvalue weighted by Gasteiger charge is -2.35. The van der Waals surface area contributed by atoms with Crippen LogP contribution in [0.2, 0.25) is 0 Å². The van der Waals surface area contributed by atoms with Crippen LogP contribution in [-0.4, -0.2) is 0 Å². The van der Waals surface area contributed by atoms with Gasteiger partial charge >= 0.3 is 0 Å². The third kappa shape index (κ3) is 5.78. The minimum atomic E-state index is -0.531. The predicted octanol–water partition coefficient (Wildman–Crippen LogP) is 17.5. The predicted molar refractivity (Wildman–Crippen MR) is 277 cm³/mol. The molecule has 1 aliphatic carbocycles. The van der Waals surface area contributed by atoms with E-state index in [1.807, 2.05) is 11.3 Å². The van der Waals surface area contributed by atoms with Gasteiger partial charge in [0.1, 0.15) is 0 Å². The molecule has 304 valence electrons. The van der Waals surface area contributed by atoms with Crippen LogP contribution in [0.15, 0.2) is 249 Å². The molecule has 0 unspecified atom stereocenters. The van der Waals surface area contributed by atoms with Crippen molar-refractivity contribution in [2.75, 3.05) is 4.90 Å². The summed E-state index contributed by atoms with van der Waals surface area (Å²) < 4.78 is 2.56. The summed E-state index contributed by atoms with van der Waals surface area (Å²) >= 11 is 1.89. The quantitative estimate of drug-likeness (QED) is 0.154. The number of thiophene rings is 1. The first-order valence-corrected chi connectivity index (χ1v) is 23.2. The SMILES string of the molecule is c1ccc(C2(c3ccccc3)c3ccccc3-c3ccc(N(c4ccc(-c5cccc6ccccc56)cc4)c4ccc(-c5cccc6ccccc56)c5sc6ccccc6c45)cc32)cc1. The van der Waals surface area contributed by atoms with E-state index < -0.39 is 5.41 Å². The zero-order valence-electron chi connectivity index (χ0n) is 35.5. The second kappa shape index (κ2) is 15.1. The van der Waals surface area contributed by atoms with Crippen LogP contribution in [0.1, 0.15) is 22.3 Å². The van der Waals surface area contributed by atoms with Crippen LogP contribution in [-0.2, 0) is 5.41 Å². The molecule has 1 nitrogen and oxygen atoms in total. The summed E-state index contributed by atoms with van der Waals surface area (Å²) in [6.45, 7) is 0. The summed E-state index contributed by atoms with van der Waals surface area (Å²) in [4.78, 5) is 2.52. The van der Waals surface area contributed by atoms with E-state index in [0.29, 0.717) is 0 Å². The summed E-state index contributed by atoms with van der Waals surface area (Å²) in [7, 11) is 0. The Morgan fingerprint density at radius 1 is 0.338 bits per heavy atom. The molecule has 0 saturated heterocycles. The Labute approximate surface area is 382 Å². The van der Waals surface area contributed by atoms with E-state index in [4.69, 9.17) is 0 Å². The minimum Gasteiger partial charge on any atom is -0.310 e. The first kappa shape index (κ1) is 37.5. The van der Waals surface area contributed by atoms with Gasteiger partial charge in [-0.1, -0.05) is 212 Å². The van der Waals surface area contributed by atoms with Crippen molar-refractivity contribution in [3.63, 3.8) is 0 Å². The molecule has 0 N–H and O–H groups in total.